The summed E-state index contributed by atoms with van der Waals surface area (Å²) < 4.78 is 1.66. The number of nitrogens with zero attached hydrogens (tertiary/aromatic N) is 1. The van der Waals surface area contributed by atoms with E-state index in [1.807, 2.05) is 44.3 Å². The van der Waals surface area contributed by atoms with Gasteiger partial charge in [0.25, 0.3) is 5.56 Å². The van der Waals surface area contributed by atoms with Gasteiger partial charge >= 0.3 is 0 Å². The van der Waals surface area contributed by atoms with Gasteiger partial charge in [0.15, 0.2) is 0 Å². The van der Waals surface area contributed by atoms with Gasteiger partial charge < -0.3 is 4.57 Å². The van der Waals surface area contributed by atoms with Gasteiger partial charge in [-0.1, -0.05) is 52.0 Å². The third-order valence-corrected chi connectivity index (χ3v) is 2.71. The van der Waals surface area contributed by atoms with Crippen LogP contribution < -0.4 is 5.56 Å². The van der Waals surface area contributed by atoms with Crippen molar-refractivity contribution in [3.63, 3.8) is 0 Å². The van der Waals surface area contributed by atoms with E-state index in [9.17, 15) is 4.79 Å². The van der Waals surface area contributed by atoms with Crippen molar-refractivity contribution in [3.05, 3.63) is 46.4 Å². The molecule has 0 amide bonds. The van der Waals surface area contributed by atoms with Crippen molar-refractivity contribution >= 4 is 10.8 Å². The Morgan fingerprint density at radius 3 is 2.29 bits per heavy atom. The fourth-order valence-corrected chi connectivity index (χ4v) is 1.99. The van der Waals surface area contributed by atoms with Gasteiger partial charge in [0.1, 0.15) is 0 Å². The molecular formula is C15H21NO. The van der Waals surface area contributed by atoms with Crippen LogP contribution in [0.1, 0.15) is 39.2 Å². The third-order valence-electron chi connectivity index (χ3n) is 2.71. The van der Waals surface area contributed by atoms with Crippen molar-refractivity contribution in [2.45, 2.75) is 33.6 Å². The highest BCUT2D eigenvalue weighted by Crippen LogP contribution is 2.21. The number of benzene rings is 1. The van der Waals surface area contributed by atoms with E-state index in [4.69, 9.17) is 0 Å². The minimum Gasteiger partial charge on any atom is -0.318 e. The molecular weight excluding hydrogens is 210 g/mol. The molecule has 1 aromatic heterocycles. The molecule has 0 aliphatic carbocycles. The summed E-state index contributed by atoms with van der Waals surface area (Å²) in [5.74, 6) is 0.259. The molecule has 2 nitrogen and oxygen atoms in total. The molecule has 1 heterocycles. The smallest absolute Gasteiger partial charge is 0.254 e. The summed E-state index contributed by atoms with van der Waals surface area (Å²) in [7, 11) is 1.81. The van der Waals surface area contributed by atoms with Gasteiger partial charge in [0.05, 0.1) is 0 Å². The predicted octanol–water partition coefficient (Wildman–Crippen LogP) is 3.69. The number of pyridine rings is 1. The van der Waals surface area contributed by atoms with E-state index in [1.54, 1.807) is 11.6 Å². The molecule has 0 saturated carbocycles. The van der Waals surface area contributed by atoms with Crippen LogP contribution in [0.2, 0.25) is 0 Å². The van der Waals surface area contributed by atoms with E-state index in [0.717, 1.165) is 16.3 Å². The molecule has 0 atom stereocenters. The maximum Gasteiger partial charge on any atom is 0.254 e. The summed E-state index contributed by atoms with van der Waals surface area (Å²) in [6.07, 6.45) is 1.89. The Bertz CT molecular complexity index is 552. The molecule has 2 rings (SSSR count). The van der Waals surface area contributed by atoms with E-state index < -0.39 is 0 Å². The zero-order chi connectivity index (χ0) is 13.0. The quantitative estimate of drug-likeness (QED) is 0.733. The Morgan fingerprint density at radius 2 is 1.71 bits per heavy atom. The van der Waals surface area contributed by atoms with Crippen molar-refractivity contribution in [2.75, 3.05) is 0 Å². The van der Waals surface area contributed by atoms with E-state index in [0.29, 0.717) is 0 Å². The molecule has 0 aliphatic heterocycles. The summed E-state index contributed by atoms with van der Waals surface area (Å²) >= 11 is 0. The summed E-state index contributed by atoms with van der Waals surface area (Å²) in [4.78, 5) is 12.0. The second-order valence-corrected chi connectivity index (χ2v) is 4.20. The average Bonchev–Trinajstić information content (AvgIpc) is 2.33. The Hall–Kier alpha value is -1.57. The Balaban J connectivity index is 0.000000686. The van der Waals surface area contributed by atoms with Gasteiger partial charge in [-0.25, -0.2) is 0 Å². The van der Waals surface area contributed by atoms with Gasteiger partial charge in [-0.15, -0.1) is 0 Å². The second-order valence-electron chi connectivity index (χ2n) is 4.20. The van der Waals surface area contributed by atoms with Crippen LogP contribution in [-0.2, 0) is 7.05 Å². The number of aryl methyl sites for hydroxylation is 1. The summed E-state index contributed by atoms with van der Waals surface area (Å²) in [6.45, 7) is 8.12. The number of fused-ring (bicyclic) bond motifs is 1. The number of hydrogen-bond donors (Lipinski definition) is 0. The van der Waals surface area contributed by atoms with Crippen LogP contribution in [0.5, 0.6) is 0 Å². The molecule has 17 heavy (non-hydrogen) atoms. The standard InChI is InChI=1S/C13H15NO.C2H6/c1-9(2)12-11-7-5-4-6-10(11)8-14(3)13(12)15;1-2/h4-9H,1-3H3;1-2H3. The topological polar surface area (TPSA) is 22.0 Å². The van der Waals surface area contributed by atoms with Crippen LogP contribution in [0.3, 0.4) is 0 Å². The van der Waals surface area contributed by atoms with Gasteiger partial charge in [-0.05, 0) is 16.7 Å². The van der Waals surface area contributed by atoms with Crippen molar-refractivity contribution < 1.29 is 0 Å². The fourth-order valence-electron chi connectivity index (χ4n) is 1.99. The first-order chi connectivity index (χ1) is 8.11. The molecule has 0 bridgehead atoms. The van der Waals surface area contributed by atoms with E-state index in [1.165, 1.54) is 0 Å². The lowest BCUT2D eigenvalue weighted by molar-refractivity contribution is 0.794. The van der Waals surface area contributed by atoms with E-state index in [-0.39, 0.29) is 11.5 Å². The maximum atomic E-state index is 12.0. The monoisotopic (exact) mass is 231 g/mol. The summed E-state index contributed by atoms with van der Waals surface area (Å²) in [6, 6.07) is 8.04. The molecule has 0 unspecified atom stereocenters. The number of aromatic nitrogens is 1. The van der Waals surface area contributed by atoms with Gasteiger partial charge in [0, 0.05) is 18.8 Å². The lowest BCUT2D eigenvalue weighted by Gasteiger charge is -2.11. The highest BCUT2D eigenvalue weighted by Gasteiger charge is 2.10. The molecule has 0 spiro atoms. The first-order valence-electron chi connectivity index (χ1n) is 6.19. The Labute approximate surface area is 103 Å². The average molecular weight is 231 g/mol. The fraction of sp³-hybridized carbons (Fsp3) is 0.400. The SMILES string of the molecule is CC.CC(C)c1c(=O)n(C)cc2ccccc12. The van der Waals surface area contributed by atoms with Crippen LogP contribution in [0.4, 0.5) is 0 Å². The minimum atomic E-state index is 0.115. The molecule has 2 heteroatoms. The van der Waals surface area contributed by atoms with Crippen molar-refractivity contribution in [1.29, 1.82) is 0 Å². The van der Waals surface area contributed by atoms with Gasteiger partial charge in [0.2, 0.25) is 0 Å². The Kier molecular flexibility index (Phi) is 4.50. The normalized spacial score (nSPS) is 10.2. The largest absolute Gasteiger partial charge is 0.318 e. The molecule has 0 aliphatic rings. The molecule has 0 fully saturated rings. The minimum absolute atomic E-state index is 0.115. The number of hydrogen-bond acceptors (Lipinski definition) is 1. The third kappa shape index (κ3) is 2.57. The van der Waals surface area contributed by atoms with Crippen LogP contribution in [0.25, 0.3) is 10.8 Å². The zero-order valence-electron chi connectivity index (χ0n) is 11.3. The van der Waals surface area contributed by atoms with Crippen molar-refractivity contribution in [3.8, 4) is 0 Å². The van der Waals surface area contributed by atoms with Crippen LogP contribution in [0.15, 0.2) is 35.3 Å². The summed E-state index contributed by atoms with van der Waals surface area (Å²) in [5.41, 5.74) is 1.03. The molecule has 0 radical (unpaired) electrons. The van der Waals surface area contributed by atoms with E-state index in [2.05, 4.69) is 13.8 Å². The molecule has 2 aromatic rings. The first-order valence-corrected chi connectivity index (χ1v) is 6.19. The van der Waals surface area contributed by atoms with Gasteiger partial charge in [-0.2, -0.15) is 0 Å². The van der Waals surface area contributed by atoms with Gasteiger partial charge in [-0.3, -0.25) is 4.79 Å². The lowest BCUT2D eigenvalue weighted by Crippen LogP contribution is -2.21. The highest BCUT2D eigenvalue weighted by atomic mass is 16.1. The van der Waals surface area contributed by atoms with Crippen LogP contribution >= 0.6 is 0 Å². The lowest BCUT2D eigenvalue weighted by atomic mass is 9.98. The molecule has 0 saturated heterocycles. The molecule has 92 valence electrons. The molecule has 0 N–H and O–H groups in total. The van der Waals surface area contributed by atoms with Crippen LogP contribution in [-0.4, -0.2) is 4.57 Å². The highest BCUT2D eigenvalue weighted by molar-refractivity contribution is 5.85. The van der Waals surface area contributed by atoms with Crippen LogP contribution in [0, 0.1) is 0 Å². The predicted molar refractivity (Wildman–Crippen MR) is 74.6 cm³/mol. The van der Waals surface area contributed by atoms with E-state index >= 15 is 0 Å². The van der Waals surface area contributed by atoms with Crippen molar-refractivity contribution in [2.24, 2.45) is 7.05 Å². The summed E-state index contributed by atoms with van der Waals surface area (Å²) in [5, 5.41) is 2.21. The molecule has 1 aromatic carbocycles. The second kappa shape index (κ2) is 5.67. The maximum absolute atomic E-state index is 12.0. The zero-order valence-corrected chi connectivity index (χ0v) is 11.3. The van der Waals surface area contributed by atoms with Crippen molar-refractivity contribution in [1.82, 2.24) is 4.57 Å². The number of rotatable bonds is 1. The first kappa shape index (κ1) is 13.5. The Morgan fingerprint density at radius 1 is 1.12 bits per heavy atom.